The van der Waals surface area contributed by atoms with Gasteiger partial charge in [-0.1, -0.05) is 23.7 Å². The second-order valence-corrected chi connectivity index (χ2v) is 9.19. The van der Waals surface area contributed by atoms with Crippen LogP contribution in [-0.4, -0.2) is 38.3 Å². The monoisotopic (exact) mass is 559 g/mol. The third kappa shape index (κ3) is 5.23. The van der Waals surface area contributed by atoms with Gasteiger partial charge in [0.05, 0.1) is 45.9 Å². The van der Waals surface area contributed by atoms with Crippen LogP contribution in [0.5, 0.6) is 0 Å². The van der Waals surface area contributed by atoms with Crippen molar-refractivity contribution in [2.24, 2.45) is 0 Å². The summed E-state index contributed by atoms with van der Waals surface area (Å²) in [4.78, 5) is 21.2. The van der Waals surface area contributed by atoms with Crippen LogP contribution >= 0.6 is 11.6 Å². The summed E-state index contributed by atoms with van der Waals surface area (Å²) in [6, 6.07) is 13.2. The minimum absolute atomic E-state index is 0.124. The second-order valence-electron chi connectivity index (χ2n) is 8.78. The third-order valence-electron chi connectivity index (χ3n) is 6.21. The number of aromatic nitrogens is 5. The number of pyridine rings is 2. The van der Waals surface area contributed by atoms with Crippen molar-refractivity contribution < 1.29 is 13.6 Å². The van der Waals surface area contributed by atoms with Gasteiger partial charge in [0.2, 0.25) is 11.9 Å². The lowest BCUT2D eigenvalue weighted by Crippen LogP contribution is -2.23. The average molecular weight is 560 g/mol. The number of H-pyrrole nitrogens is 1. The van der Waals surface area contributed by atoms with E-state index in [-0.39, 0.29) is 27.9 Å². The molecule has 40 heavy (non-hydrogen) atoms. The number of nitrogens with zero attached hydrogens (tertiary/aromatic N) is 6. The van der Waals surface area contributed by atoms with Crippen molar-refractivity contribution in [3.05, 3.63) is 94.7 Å². The number of halogens is 3. The fourth-order valence-electron chi connectivity index (χ4n) is 4.14. The van der Waals surface area contributed by atoms with E-state index in [4.69, 9.17) is 11.6 Å². The molecule has 200 valence electrons. The van der Waals surface area contributed by atoms with Crippen LogP contribution < -0.4 is 15.5 Å². The lowest BCUT2D eigenvalue weighted by atomic mass is 10.0. The first-order valence-electron chi connectivity index (χ1n) is 11.8. The summed E-state index contributed by atoms with van der Waals surface area (Å²) in [5, 5.41) is 27.6. The zero-order valence-corrected chi connectivity index (χ0v) is 21.8. The van der Waals surface area contributed by atoms with Crippen LogP contribution in [0, 0.1) is 23.1 Å². The minimum Gasteiger partial charge on any atom is -0.373 e. The van der Waals surface area contributed by atoms with Crippen molar-refractivity contribution in [2.75, 3.05) is 22.6 Å². The number of benzene rings is 2. The standard InChI is InChI=1S/C27H20ClF2N9O/c1-14(40)39(2)19-5-3-4-15(6-19)25(23-13-34-38-37-23)35-17-7-20-24(36-18-9-22(29)27(30)33-12-18)16(10-31)11-32-26(20)21(28)8-17/h3-9,11-13,25,35H,1-2H3,(H,32,36)(H,34,37,38)/t25-/m0/s1. The molecule has 5 rings (SSSR count). The van der Waals surface area contributed by atoms with Crippen LogP contribution in [0.25, 0.3) is 10.9 Å². The van der Waals surface area contributed by atoms with Gasteiger partial charge in [0.25, 0.3) is 0 Å². The highest BCUT2D eigenvalue weighted by molar-refractivity contribution is 6.36. The average Bonchev–Trinajstić information content (AvgIpc) is 3.48. The zero-order valence-electron chi connectivity index (χ0n) is 21.1. The Labute approximate surface area is 231 Å². The Kier molecular flexibility index (Phi) is 7.22. The summed E-state index contributed by atoms with van der Waals surface area (Å²) in [7, 11) is 1.68. The Hall–Kier alpha value is -5.15. The number of amides is 1. The molecule has 0 saturated carbocycles. The smallest absolute Gasteiger partial charge is 0.249 e. The Morgan fingerprint density at radius 3 is 2.65 bits per heavy atom. The van der Waals surface area contributed by atoms with Gasteiger partial charge in [-0.3, -0.25) is 9.78 Å². The summed E-state index contributed by atoms with van der Waals surface area (Å²) < 4.78 is 27.2. The topological polar surface area (TPSA) is 136 Å². The van der Waals surface area contributed by atoms with E-state index < -0.39 is 17.8 Å². The molecule has 5 aromatic rings. The van der Waals surface area contributed by atoms with E-state index in [1.165, 1.54) is 18.0 Å². The minimum atomic E-state index is -1.24. The number of hydrogen-bond donors (Lipinski definition) is 3. The van der Waals surface area contributed by atoms with Crippen LogP contribution in [0.1, 0.15) is 29.8 Å². The first-order chi connectivity index (χ1) is 19.2. The van der Waals surface area contributed by atoms with Crippen LogP contribution in [-0.2, 0) is 4.79 Å². The lowest BCUT2D eigenvalue weighted by molar-refractivity contribution is -0.116. The summed E-state index contributed by atoms with van der Waals surface area (Å²) >= 11 is 6.62. The summed E-state index contributed by atoms with van der Waals surface area (Å²) in [6.07, 6.45) is 4.02. The van der Waals surface area contributed by atoms with Crippen molar-refractivity contribution in [1.29, 1.82) is 5.26 Å². The summed E-state index contributed by atoms with van der Waals surface area (Å²) in [6.45, 7) is 1.47. The van der Waals surface area contributed by atoms with E-state index in [0.717, 1.165) is 17.8 Å². The molecule has 0 saturated heterocycles. The molecular weight excluding hydrogens is 540 g/mol. The number of carbonyl (C=O) groups excluding carboxylic acids is 1. The van der Waals surface area contributed by atoms with Crippen LogP contribution in [0.4, 0.5) is 31.5 Å². The maximum atomic E-state index is 13.8. The van der Waals surface area contributed by atoms with Crippen molar-refractivity contribution in [1.82, 2.24) is 25.4 Å². The molecule has 3 N–H and O–H groups in total. The second kappa shape index (κ2) is 10.9. The number of anilines is 4. The molecule has 0 fully saturated rings. The highest BCUT2D eigenvalue weighted by Gasteiger charge is 2.21. The van der Waals surface area contributed by atoms with Gasteiger partial charge in [-0.25, -0.2) is 9.37 Å². The predicted octanol–water partition coefficient (Wildman–Crippen LogP) is 5.48. The number of fused-ring (bicyclic) bond motifs is 1. The van der Waals surface area contributed by atoms with Gasteiger partial charge < -0.3 is 15.5 Å². The largest absolute Gasteiger partial charge is 0.373 e. The molecule has 1 atom stereocenters. The van der Waals surface area contributed by atoms with Crippen LogP contribution in [0.15, 0.2) is 61.1 Å². The van der Waals surface area contributed by atoms with Gasteiger partial charge in [-0.05, 0) is 29.8 Å². The first kappa shape index (κ1) is 26.5. The Balaban J connectivity index is 1.60. The van der Waals surface area contributed by atoms with Gasteiger partial charge in [-0.2, -0.15) is 25.1 Å². The van der Waals surface area contributed by atoms with Gasteiger partial charge >= 0.3 is 0 Å². The molecule has 0 aliphatic heterocycles. The molecule has 0 aliphatic carbocycles. The summed E-state index contributed by atoms with van der Waals surface area (Å²) in [5.41, 5.74) is 3.52. The van der Waals surface area contributed by atoms with Crippen molar-refractivity contribution in [3.63, 3.8) is 0 Å². The molecule has 0 unspecified atom stereocenters. The van der Waals surface area contributed by atoms with Gasteiger partial charge in [-0.15, -0.1) is 0 Å². The number of hydrogen-bond acceptors (Lipinski definition) is 8. The van der Waals surface area contributed by atoms with E-state index in [0.29, 0.717) is 28.0 Å². The molecular formula is C27H20ClF2N9O. The normalized spacial score (nSPS) is 11.6. The number of aromatic amines is 1. The molecule has 1 amide bonds. The molecule has 0 bridgehead atoms. The highest BCUT2D eigenvalue weighted by Crippen LogP contribution is 2.37. The van der Waals surface area contributed by atoms with Gasteiger partial charge in [0, 0.05) is 43.0 Å². The fraction of sp³-hybridized carbons (Fsp3) is 0.111. The van der Waals surface area contributed by atoms with E-state index in [1.54, 1.807) is 25.4 Å². The van der Waals surface area contributed by atoms with Crippen LogP contribution in [0.3, 0.4) is 0 Å². The number of rotatable bonds is 7. The molecule has 0 radical (unpaired) electrons. The van der Waals surface area contributed by atoms with E-state index in [9.17, 15) is 18.8 Å². The van der Waals surface area contributed by atoms with Crippen molar-refractivity contribution in [3.8, 4) is 6.07 Å². The molecule has 3 aromatic heterocycles. The third-order valence-corrected chi connectivity index (χ3v) is 6.50. The molecule has 3 heterocycles. The quantitative estimate of drug-likeness (QED) is 0.223. The van der Waals surface area contributed by atoms with E-state index in [2.05, 4.69) is 42.1 Å². The first-order valence-corrected chi connectivity index (χ1v) is 12.2. The zero-order chi connectivity index (χ0) is 28.4. The molecule has 0 spiro atoms. The molecule has 0 aliphatic rings. The molecule has 10 nitrogen and oxygen atoms in total. The number of carbonyl (C=O) groups is 1. The lowest BCUT2D eigenvalue weighted by Gasteiger charge is -2.22. The summed E-state index contributed by atoms with van der Waals surface area (Å²) in [5.74, 6) is -2.51. The van der Waals surface area contributed by atoms with Crippen molar-refractivity contribution in [2.45, 2.75) is 13.0 Å². The van der Waals surface area contributed by atoms with Gasteiger partial charge in [0.15, 0.2) is 5.82 Å². The Morgan fingerprint density at radius 2 is 1.95 bits per heavy atom. The Bertz CT molecular complexity index is 1770. The maximum Gasteiger partial charge on any atom is 0.249 e. The molecule has 13 heteroatoms. The highest BCUT2D eigenvalue weighted by atomic mass is 35.5. The number of nitrogens with one attached hydrogen (secondary N) is 3. The predicted molar refractivity (Wildman–Crippen MR) is 146 cm³/mol. The number of nitriles is 1. The van der Waals surface area contributed by atoms with Crippen LogP contribution in [0.2, 0.25) is 5.02 Å². The van der Waals surface area contributed by atoms with Gasteiger partial charge in [0.1, 0.15) is 11.8 Å². The molecule has 2 aromatic carbocycles. The van der Waals surface area contributed by atoms with E-state index in [1.807, 2.05) is 24.3 Å². The SMILES string of the molecule is CC(=O)N(C)c1cccc([C@H](Nc2cc(Cl)c3ncc(C#N)c(Nc4cnc(F)c(F)c4)c3c2)c2cn[nH]n2)c1. The fourth-order valence-corrected chi connectivity index (χ4v) is 4.40. The Morgan fingerprint density at radius 1 is 1.12 bits per heavy atom. The van der Waals surface area contributed by atoms with E-state index >= 15 is 0 Å². The maximum absolute atomic E-state index is 13.8. The van der Waals surface area contributed by atoms with Crippen molar-refractivity contribution >= 4 is 51.2 Å².